The quantitative estimate of drug-likeness (QED) is 0.640. The molecule has 0 aromatic heterocycles. The maximum absolute atomic E-state index is 11.1. The van der Waals surface area contributed by atoms with Crippen LogP contribution in [0.3, 0.4) is 0 Å². The molecule has 4 aliphatic carbocycles. The van der Waals surface area contributed by atoms with Gasteiger partial charge in [0.05, 0.1) is 5.75 Å². The van der Waals surface area contributed by atoms with E-state index in [1.54, 1.807) is 0 Å². The first kappa shape index (κ1) is 12.6. The molecule has 4 saturated carbocycles. The first-order valence-corrected chi connectivity index (χ1v) is 9.50. The summed E-state index contributed by atoms with van der Waals surface area (Å²) in [5, 5.41) is 0. The summed E-state index contributed by atoms with van der Waals surface area (Å²) in [5.41, 5.74) is 0. The lowest BCUT2D eigenvalue weighted by Gasteiger charge is -2.40. The van der Waals surface area contributed by atoms with Crippen LogP contribution in [0.4, 0.5) is 0 Å². The van der Waals surface area contributed by atoms with Crippen molar-refractivity contribution in [2.75, 3.05) is 5.75 Å². The predicted octanol–water partition coefficient (Wildman–Crippen LogP) is 2.83. The van der Waals surface area contributed by atoms with Crippen LogP contribution in [-0.2, 0) is 10.1 Å². The highest BCUT2D eigenvalue weighted by molar-refractivity contribution is 7.85. The van der Waals surface area contributed by atoms with Crippen molar-refractivity contribution in [2.24, 2.45) is 47.3 Å². The molecule has 0 aliphatic heterocycles. The van der Waals surface area contributed by atoms with Crippen LogP contribution in [0, 0.1) is 47.3 Å². The Kier molecular flexibility index (Phi) is 2.64. The summed E-state index contributed by atoms with van der Waals surface area (Å²) in [6.07, 6.45) is 6.92. The summed E-state index contributed by atoms with van der Waals surface area (Å²) in [4.78, 5) is 0. The van der Waals surface area contributed by atoms with Crippen molar-refractivity contribution < 1.29 is 13.0 Å². The van der Waals surface area contributed by atoms with Crippen LogP contribution < -0.4 is 0 Å². The monoisotopic (exact) mass is 284 g/mol. The fraction of sp³-hybridized carbons (Fsp3) is 1.00. The molecule has 0 saturated heterocycles. The van der Waals surface area contributed by atoms with Crippen molar-refractivity contribution in [2.45, 2.75) is 39.0 Å². The maximum atomic E-state index is 11.1. The van der Waals surface area contributed by atoms with Crippen LogP contribution >= 0.6 is 0 Å². The zero-order valence-corrected chi connectivity index (χ0v) is 12.3. The summed E-state index contributed by atoms with van der Waals surface area (Å²) >= 11 is 0. The van der Waals surface area contributed by atoms with Gasteiger partial charge in [0.2, 0.25) is 0 Å². The van der Waals surface area contributed by atoms with Gasteiger partial charge in [0.15, 0.2) is 0 Å². The molecule has 0 amide bonds. The van der Waals surface area contributed by atoms with E-state index in [1.165, 1.54) is 32.1 Å². The molecule has 0 radical (unpaired) electrons. The first-order chi connectivity index (χ1) is 8.94. The standard InChI is InChI=1S/C15H24O3S/c1-8(7-19(16,17)18)12-5-11-6-13(12)15-10-3-2-9(4-10)14(11)15/h8-15H,2-7H2,1H3,(H,16,17,18)/t8?,9-,10?,11?,12?,13?,14?,15?/m1/s1. The number of hydrogen-bond acceptors (Lipinski definition) is 2. The van der Waals surface area contributed by atoms with Gasteiger partial charge in [-0.2, -0.15) is 8.42 Å². The van der Waals surface area contributed by atoms with Gasteiger partial charge in [-0.3, -0.25) is 4.55 Å². The van der Waals surface area contributed by atoms with Crippen molar-refractivity contribution in [3.8, 4) is 0 Å². The molecule has 108 valence electrons. The average molecular weight is 284 g/mol. The Morgan fingerprint density at radius 2 is 1.74 bits per heavy atom. The minimum atomic E-state index is -3.81. The number of rotatable bonds is 3. The van der Waals surface area contributed by atoms with E-state index in [-0.39, 0.29) is 11.7 Å². The zero-order chi connectivity index (χ0) is 13.4. The van der Waals surface area contributed by atoms with E-state index in [9.17, 15) is 8.42 Å². The van der Waals surface area contributed by atoms with Gasteiger partial charge >= 0.3 is 0 Å². The molecule has 1 N–H and O–H groups in total. The Balaban J connectivity index is 1.53. The zero-order valence-electron chi connectivity index (χ0n) is 11.5. The maximum Gasteiger partial charge on any atom is 0.265 e. The lowest BCUT2D eigenvalue weighted by molar-refractivity contribution is 0.0844. The molecule has 4 heteroatoms. The molecule has 7 unspecified atom stereocenters. The molecule has 4 rings (SSSR count). The highest BCUT2D eigenvalue weighted by Gasteiger charge is 2.62. The Bertz CT molecular complexity index is 486. The van der Waals surface area contributed by atoms with Gasteiger partial charge < -0.3 is 0 Å². The van der Waals surface area contributed by atoms with Gasteiger partial charge in [-0.1, -0.05) is 6.92 Å². The molecule has 8 atom stereocenters. The third kappa shape index (κ3) is 1.82. The summed E-state index contributed by atoms with van der Waals surface area (Å²) < 4.78 is 31.3. The summed E-state index contributed by atoms with van der Waals surface area (Å²) in [6.45, 7) is 2.03. The normalized spacial score (nSPS) is 52.6. The van der Waals surface area contributed by atoms with E-state index >= 15 is 0 Å². The van der Waals surface area contributed by atoms with E-state index in [2.05, 4.69) is 0 Å². The molecule has 0 spiro atoms. The molecular weight excluding hydrogens is 260 g/mol. The van der Waals surface area contributed by atoms with Gasteiger partial charge in [0.1, 0.15) is 0 Å². The van der Waals surface area contributed by atoms with Crippen LogP contribution in [0.25, 0.3) is 0 Å². The Morgan fingerprint density at radius 3 is 2.42 bits per heavy atom. The van der Waals surface area contributed by atoms with Crippen LogP contribution in [0.2, 0.25) is 0 Å². The Morgan fingerprint density at radius 1 is 1.05 bits per heavy atom. The van der Waals surface area contributed by atoms with E-state index in [0.29, 0.717) is 5.92 Å². The van der Waals surface area contributed by atoms with Gasteiger partial charge in [-0.25, -0.2) is 0 Å². The molecule has 4 aliphatic rings. The molecule has 19 heavy (non-hydrogen) atoms. The van der Waals surface area contributed by atoms with Gasteiger partial charge in [0, 0.05) is 0 Å². The lowest BCUT2D eigenvalue weighted by atomic mass is 9.65. The van der Waals surface area contributed by atoms with Gasteiger partial charge in [-0.15, -0.1) is 0 Å². The smallest absolute Gasteiger partial charge is 0.265 e. The van der Waals surface area contributed by atoms with Gasteiger partial charge in [-0.05, 0) is 79.4 Å². The van der Waals surface area contributed by atoms with Crippen molar-refractivity contribution in [3.63, 3.8) is 0 Å². The molecular formula is C15H24O3S. The third-order valence-electron chi connectivity index (χ3n) is 6.99. The minimum absolute atomic E-state index is 0.0353. The van der Waals surface area contributed by atoms with E-state index in [1.807, 2.05) is 6.92 Å². The second-order valence-electron chi connectivity index (χ2n) is 7.77. The summed E-state index contributed by atoms with van der Waals surface area (Å²) in [7, 11) is -3.81. The highest BCUT2D eigenvalue weighted by atomic mass is 32.2. The first-order valence-electron chi connectivity index (χ1n) is 7.89. The van der Waals surface area contributed by atoms with Crippen LogP contribution in [0.5, 0.6) is 0 Å². The second kappa shape index (κ2) is 3.97. The molecule has 0 aromatic rings. The highest BCUT2D eigenvalue weighted by Crippen LogP contribution is 2.69. The predicted molar refractivity (Wildman–Crippen MR) is 73.1 cm³/mol. The summed E-state index contributed by atoms with van der Waals surface area (Å²) in [6, 6.07) is 0. The molecule has 4 fully saturated rings. The summed E-state index contributed by atoms with van der Waals surface area (Å²) in [5.74, 6) is 6.13. The fourth-order valence-electron chi connectivity index (χ4n) is 6.73. The van der Waals surface area contributed by atoms with Crippen LogP contribution in [0.15, 0.2) is 0 Å². The van der Waals surface area contributed by atoms with Crippen molar-refractivity contribution in [1.82, 2.24) is 0 Å². The van der Waals surface area contributed by atoms with Crippen molar-refractivity contribution >= 4 is 10.1 Å². The van der Waals surface area contributed by atoms with Gasteiger partial charge in [0.25, 0.3) is 10.1 Å². The second-order valence-corrected chi connectivity index (χ2v) is 9.27. The number of hydrogen-bond donors (Lipinski definition) is 1. The van der Waals surface area contributed by atoms with Crippen molar-refractivity contribution in [3.05, 3.63) is 0 Å². The molecule has 4 bridgehead atoms. The SMILES string of the molecule is CC(CS(=O)(=O)O)C1CC2CC1C1C3CC[C@H](C3)C21. The average Bonchev–Trinajstić information content (AvgIpc) is 3.04. The topological polar surface area (TPSA) is 54.4 Å². The minimum Gasteiger partial charge on any atom is -0.286 e. The largest absolute Gasteiger partial charge is 0.286 e. The van der Waals surface area contributed by atoms with Crippen LogP contribution in [0.1, 0.15) is 39.0 Å². The molecule has 0 heterocycles. The molecule has 3 nitrogen and oxygen atoms in total. The lowest BCUT2D eigenvalue weighted by Crippen LogP contribution is -2.36. The van der Waals surface area contributed by atoms with Crippen molar-refractivity contribution in [1.29, 1.82) is 0 Å². The van der Waals surface area contributed by atoms with E-state index in [0.717, 1.165) is 35.5 Å². The van der Waals surface area contributed by atoms with E-state index in [4.69, 9.17) is 4.55 Å². The van der Waals surface area contributed by atoms with E-state index < -0.39 is 10.1 Å². The Labute approximate surface area is 115 Å². The molecule has 0 aromatic carbocycles. The third-order valence-corrected chi connectivity index (χ3v) is 7.94. The number of fused-ring (bicyclic) bond motifs is 9. The Hall–Kier alpha value is -0.0900. The fourth-order valence-corrected chi connectivity index (χ4v) is 7.64. The van der Waals surface area contributed by atoms with Crippen LogP contribution in [-0.4, -0.2) is 18.7 Å².